The topological polar surface area (TPSA) is 23.1 Å². The van der Waals surface area contributed by atoms with E-state index in [1.54, 1.807) is 0 Å². The van der Waals surface area contributed by atoms with E-state index in [-0.39, 0.29) is 4.65 Å². The van der Waals surface area contributed by atoms with Gasteiger partial charge in [0.25, 0.3) is 0 Å². The summed E-state index contributed by atoms with van der Waals surface area (Å²) in [5, 5.41) is 11.1. The molecule has 2 unspecified atom stereocenters. The highest BCUT2D eigenvalue weighted by atomic mass is 16.6. The number of hydrogen-bond donors (Lipinski definition) is 0. The van der Waals surface area contributed by atoms with Crippen LogP contribution in [0.1, 0.15) is 13.3 Å². The molecule has 0 saturated carbocycles. The first-order valence-electron chi connectivity index (χ1n) is 3.02. The van der Waals surface area contributed by atoms with Crippen molar-refractivity contribution < 1.29 is 4.65 Å². The lowest BCUT2D eigenvalue weighted by Gasteiger charge is -2.33. The van der Waals surface area contributed by atoms with Gasteiger partial charge in [0.2, 0.25) is 0 Å². The van der Waals surface area contributed by atoms with Crippen LogP contribution in [0, 0.1) is 5.21 Å². The number of fused-ring (bicyclic) bond motifs is 1. The number of nitrogens with zero attached hydrogens (tertiary/aromatic N) is 1. The number of quaternary nitrogens is 1. The number of hydrogen-bond acceptors (Lipinski definition) is 1. The van der Waals surface area contributed by atoms with Gasteiger partial charge >= 0.3 is 0 Å². The predicted octanol–water partition coefficient (Wildman–Crippen LogP) is 0.991. The van der Waals surface area contributed by atoms with Crippen molar-refractivity contribution in [1.29, 1.82) is 0 Å². The molecule has 2 saturated heterocycles. The molecule has 0 spiro atoms. The van der Waals surface area contributed by atoms with Gasteiger partial charge in [-0.3, -0.25) is 0 Å². The SMILES string of the molecule is C/C=C1\CC2C[N+]12[O-]. The lowest BCUT2D eigenvalue weighted by Crippen LogP contribution is -2.30. The highest BCUT2D eigenvalue weighted by Crippen LogP contribution is 2.50. The molecule has 2 heteroatoms. The van der Waals surface area contributed by atoms with Gasteiger partial charge in [-0.15, -0.1) is 0 Å². The Morgan fingerprint density at radius 2 is 2.62 bits per heavy atom. The summed E-state index contributed by atoms with van der Waals surface area (Å²) < 4.78 is 0.0382. The van der Waals surface area contributed by atoms with E-state index in [4.69, 9.17) is 0 Å². The van der Waals surface area contributed by atoms with Crippen LogP contribution in [0.3, 0.4) is 0 Å². The molecule has 0 aromatic rings. The third-order valence-electron chi connectivity index (χ3n) is 2.20. The number of hydroxylamine groups is 3. The van der Waals surface area contributed by atoms with Gasteiger partial charge in [-0.25, -0.2) is 0 Å². The van der Waals surface area contributed by atoms with Crippen molar-refractivity contribution in [2.75, 3.05) is 6.54 Å². The molecule has 8 heavy (non-hydrogen) atoms. The molecular weight excluding hydrogens is 102 g/mol. The molecule has 2 rings (SSSR count). The standard InChI is InChI=1S/C6H9NO/c1-2-5-3-6-4-7(5,6)8/h2,6H,3-4H2,1H3/b5-2+. The third-order valence-corrected chi connectivity index (χ3v) is 2.20. The van der Waals surface area contributed by atoms with E-state index >= 15 is 0 Å². The molecule has 0 amide bonds. The Morgan fingerprint density at radius 1 is 1.88 bits per heavy atom. The minimum Gasteiger partial charge on any atom is -0.627 e. The van der Waals surface area contributed by atoms with Crippen molar-refractivity contribution in [2.24, 2.45) is 0 Å². The Kier molecular flexibility index (Phi) is 0.562. The first kappa shape index (κ1) is 4.53. The number of rotatable bonds is 0. The Hall–Kier alpha value is -0.340. The van der Waals surface area contributed by atoms with E-state index < -0.39 is 0 Å². The van der Waals surface area contributed by atoms with E-state index in [2.05, 4.69) is 0 Å². The molecule has 2 nitrogen and oxygen atoms in total. The summed E-state index contributed by atoms with van der Waals surface area (Å²) in [7, 11) is 0. The average molecular weight is 111 g/mol. The Labute approximate surface area is 48.6 Å². The normalized spacial score (nSPS) is 55.2. The fraction of sp³-hybridized carbons (Fsp3) is 0.667. The van der Waals surface area contributed by atoms with Crippen LogP contribution >= 0.6 is 0 Å². The maximum atomic E-state index is 11.1. The fourth-order valence-corrected chi connectivity index (χ4v) is 1.45. The number of allylic oxidation sites excluding steroid dienone is 1. The molecule has 0 bridgehead atoms. The van der Waals surface area contributed by atoms with Crippen molar-refractivity contribution in [2.45, 2.75) is 19.4 Å². The Morgan fingerprint density at radius 3 is 2.75 bits per heavy atom. The summed E-state index contributed by atoms with van der Waals surface area (Å²) in [5.74, 6) is 0. The third kappa shape index (κ3) is 0.288. The summed E-state index contributed by atoms with van der Waals surface area (Å²) in [6, 6.07) is 0.473. The van der Waals surface area contributed by atoms with Crippen LogP contribution < -0.4 is 0 Å². The van der Waals surface area contributed by atoms with E-state index in [1.165, 1.54) is 0 Å². The molecule has 2 heterocycles. The first-order valence-corrected chi connectivity index (χ1v) is 3.02. The van der Waals surface area contributed by atoms with Crippen LogP contribution in [-0.4, -0.2) is 17.2 Å². The van der Waals surface area contributed by atoms with Crippen LogP contribution in [-0.2, 0) is 0 Å². The summed E-state index contributed by atoms with van der Waals surface area (Å²) in [4.78, 5) is 0. The maximum absolute atomic E-state index is 11.1. The van der Waals surface area contributed by atoms with E-state index in [9.17, 15) is 5.21 Å². The van der Waals surface area contributed by atoms with Crippen LogP contribution in [0.4, 0.5) is 0 Å². The second-order valence-corrected chi connectivity index (χ2v) is 2.62. The molecule has 0 N–H and O–H groups in total. The fourth-order valence-electron chi connectivity index (χ4n) is 1.45. The van der Waals surface area contributed by atoms with Crippen LogP contribution in [0.15, 0.2) is 11.8 Å². The molecule has 2 atom stereocenters. The smallest absolute Gasteiger partial charge is 0.153 e. The molecule has 0 aliphatic carbocycles. The zero-order valence-corrected chi connectivity index (χ0v) is 4.92. The summed E-state index contributed by atoms with van der Waals surface area (Å²) >= 11 is 0. The molecule has 2 aliphatic heterocycles. The molecule has 0 aromatic carbocycles. The summed E-state index contributed by atoms with van der Waals surface area (Å²) in [5.41, 5.74) is 1.09. The Bertz CT molecular complexity index is 164. The van der Waals surface area contributed by atoms with Gasteiger partial charge in [-0.2, -0.15) is 0 Å². The minimum absolute atomic E-state index is 0.0382. The lowest BCUT2D eigenvalue weighted by atomic mass is 10.1. The average Bonchev–Trinajstić information content (AvgIpc) is 2.21. The molecule has 2 fully saturated rings. The second kappa shape index (κ2) is 0.993. The van der Waals surface area contributed by atoms with E-state index in [0.29, 0.717) is 6.04 Å². The second-order valence-electron chi connectivity index (χ2n) is 2.62. The highest BCUT2D eigenvalue weighted by Gasteiger charge is 2.60. The molecule has 44 valence electrons. The van der Waals surface area contributed by atoms with E-state index in [1.807, 2.05) is 13.0 Å². The molecular formula is C6H9NO. The van der Waals surface area contributed by atoms with Gasteiger partial charge in [-0.1, -0.05) is 0 Å². The van der Waals surface area contributed by atoms with Crippen molar-refractivity contribution >= 4 is 0 Å². The van der Waals surface area contributed by atoms with Crippen molar-refractivity contribution in [3.05, 3.63) is 17.0 Å². The van der Waals surface area contributed by atoms with Crippen molar-refractivity contribution in [1.82, 2.24) is 0 Å². The van der Waals surface area contributed by atoms with Gasteiger partial charge in [0.1, 0.15) is 12.2 Å². The zero-order chi connectivity index (χ0) is 5.78. The maximum Gasteiger partial charge on any atom is 0.153 e. The quantitative estimate of drug-likeness (QED) is 0.260. The van der Waals surface area contributed by atoms with Crippen molar-refractivity contribution in [3.63, 3.8) is 0 Å². The Balaban J connectivity index is 2.25. The zero-order valence-electron chi connectivity index (χ0n) is 4.92. The molecule has 0 radical (unpaired) electrons. The lowest BCUT2D eigenvalue weighted by molar-refractivity contribution is -0.749. The summed E-state index contributed by atoms with van der Waals surface area (Å²) in [6.07, 6.45) is 3.02. The van der Waals surface area contributed by atoms with Gasteiger partial charge < -0.3 is 9.85 Å². The monoisotopic (exact) mass is 111 g/mol. The molecule has 0 aromatic heterocycles. The van der Waals surface area contributed by atoms with Gasteiger partial charge in [-0.05, 0) is 13.0 Å². The minimum atomic E-state index is 0.0382. The molecule has 2 aliphatic rings. The summed E-state index contributed by atoms with van der Waals surface area (Å²) in [6.45, 7) is 2.81. The largest absolute Gasteiger partial charge is 0.627 e. The van der Waals surface area contributed by atoms with Crippen LogP contribution in [0.2, 0.25) is 0 Å². The van der Waals surface area contributed by atoms with Gasteiger partial charge in [0.05, 0.1) is 6.42 Å². The van der Waals surface area contributed by atoms with Crippen molar-refractivity contribution in [3.8, 4) is 0 Å². The predicted molar refractivity (Wildman–Crippen MR) is 30.7 cm³/mol. The van der Waals surface area contributed by atoms with Crippen LogP contribution in [0.25, 0.3) is 0 Å². The van der Waals surface area contributed by atoms with Gasteiger partial charge in [0.15, 0.2) is 6.04 Å². The highest BCUT2D eigenvalue weighted by molar-refractivity contribution is 5.11. The van der Waals surface area contributed by atoms with Gasteiger partial charge in [0, 0.05) is 0 Å². The van der Waals surface area contributed by atoms with Crippen LogP contribution in [0.5, 0.6) is 0 Å². The van der Waals surface area contributed by atoms with E-state index in [0.717, 1.165) is 18.7 Å². The first-order chi connectivity index (χ1) is 3.77.